The van der Waals surface area contributed by atoms with Crippen molar-refractivity contribution in [1.82, 2.24) is 4.90 Å². The van der Waals surface area contributed by atoms with E-state index in [0.717, 1.165) is 12.5 Å². The molecule has 0 saturated heterocycles. The Labute approximate surface area is 72.7 Å². The third-order valence-corrected chi connectivity index (χ3v) is 2.66. The van der Waals surface area contributed by atoms with Gasteiger partial charge in [-0.25, -0.2) is 0 Å². The van der Waals surface area contributed by atoms with Crippen LogP contribution >= 0.6 is 12.2 Å². The van der Waals surface area contributed by atoms with Crippen LogP contribution in [0.4, 0.5) is 0 Å². The standard InChI is InChI=1S/C8H14N2S/c9-8(11)10(7-3-4-7)5-6-1-2-6/h6-7H,1-5H2,(H2,9,11). The van der Waals surface area contributed by atoms with E-state index in [2.05, 4.69) is 4.90 Å². The van der Waals surface area contributed by atoms with Crippen LogP contribution in [0.25, 0.3) is 0 Å². The predicted octanol–water partition coefficient (Wildman–Crippen LogP) is 1.10. The molecule has 0 aliphatic heterocycles. The zero-order chi connectivity index (χ0) is 7.84. The molecule has 2 saturated carbocycles. The van der Waals surface area contributed by atoms with Crippen LogP contribution in [0.1, 0.15) is 25.7 Å². The van der Waals surface area contributed by atoms with Crippen LogP contribution in [-0.2, 0) is 0 Å². The van der Waals surface area contributed by atoms with Crippen molar-refractivity contribution in [3.8, 4) is 0 Å². The smallest absolute Gasteiger partial charge is 0.166 e. The molecule has 0 aromatic carbocycles. The number of nitrogens with zero attached hydrogens (tertiary/aromatic N) is 1. The summed E-state index contributed by atoms with van der Waals surface area (Å²) >= 11 is 4.98. The molecule has 2 fully saturated rings. The molecule has 0 amide bonds. The first kappa shape index (κ1) is 7.35. The van der Waals surface area contributed by atoms with Gasteiger partial charge in [-0.1, -0.05) is 0 Å². The summed E-state index contributed by atoms with van der Waals surface area (Å²) in [6.45, 7) is 1.12. The molecular weight excluding hydrogens is 156 g/mol. The molecule has 2 N–H and O–H groups in total. The number of nitrogens with two attached hydrogens (primary N) is 1. The Morgan fingerprint density at radius 3 is 2.36 bits per heavy atom. The lowest BCUT2D eigenvalue weighted by atomic mass is 10.4. The second-order valence-electron chi connectivity index (χ2n) is 3.67. The Balaban J connectivity index is 1.85. The van der Waals surface area contributed by atoms with Crippen molar-refractivity contribution in [3.05, 3.63) is 0 Å². The summed E-state index contributed by atoms with van der Waals surface area (Å²) in [6.07, 6.45) is 5.35. The Morgan fingerprint density at radius 1 is 1.36 bits per heavy atom. The zero-order valence-corrected chi connectivity index (χ0v) is 7.44. The van der Waals surface area contributed by atoms with E-state index in [4.69, 9.17) is 18.0 Å². The molecule has 0 radical (unpaired) electrons. The highest BCUT2D eigenvalue weighted by atomic mass is 32.1. The maximum Gasteiger partial charge on any atom is 0.166 e. The number of rotatable bonds is 3. The van der Waals surface area contributed by atoms with E-state index in [9.17, 15) is 0 Å². The summed E-state index contributed by atoms with van der Waals surface area (Å²) in [5.74, 6) is 0.900. The van der Waals surface area contributed by atoms with Crippen molar-refractivity contribution >= 4 is 17.3 Å². The fourth-order valence-corrected chi connectivity index (χ4v) is 1.61. The molecule has 62 valence electrons. The Kier molecular flexibility index (Phi) is 1.75. The minimum atomic E-state index is 0.611. The van der Waals surface area contributed by atoms with Crippen LogP contribution in [0.2, 0.25) is 0 Å². The quantitative estimate of drug-likeness (QED) is 0.643. The Morgan fingerprint density at radius 2 is 2.00 bits per heavy atom. The molecule has 0 bridgehead atoms. The van der Waals surface area contributed by atoms with Crippen molar-refractivity contribution < 1.29 is 0 Å². The molecule has 0 spiro atoms. The highest BCUT2D eigenvalue weighted by Crippen LogP contribution is 2.34. The molecule has 0 atom stereocenters. The number of hydrogen-bond donors (Lipinski definition) is 1. The molecule has 2 nitrogen and oxygen atoms in total. The van der Waals surface area contributed by atoms with Crippen molar-refractivity contribution in [2.45, 2.75) is 31.7 Å². The average Bonchev–Trinajstić information content (AvgIpc) is 2.78. The maximum absolute atomic E-state index is 5.61. The summed E-state index contributed by atoms with van der Waals surface area (Å²) in [4.78, 5) is 2.22. The SMILES string of the molecule is NC(=S)N(CC1CC1)C1CC1. The van der Waals surface area contributed by atoms with Crippen molar-refractivity contribution in [3.63, 3.8) is 0 Å². The third kappa shape index (κ3) is 1.83. The first-order valence-corrected chi connectivity index (χ1v) is 4.74. The molecule has 0 aromatic rings. The molecule has 2 rings (SSSR count). The van der Waals surface area contributed by atoms with Gasteiger partial charge in [0.1, 0.15) is 0 Å². The van der Waals surface area contributed by atoms with Crippen LogP contribution in [0.3, 0.4) is 0 Å². The zero-order valence-electron chi connectivity index (χ0n) is 6.62. The predicted molar refractivity (Wildman–Crippen MR) is 49.2 cm³/mol. The lowest BCUT2D eigenvalue weighted by molar-refractivity contribution is 0.393. The second-order valence-corrected chi connectivity index (χ2v) is 4.08. The summed E-state index contributed by atoms with van der Waals surface area (Å²) in [6, 6.07) is 0.702. The van der Waals surface area contributed by atoms with Gasteiger partial charge in [-0.15, -0.1) is 0 Å². The third-order valence-electron chi connectivity index (χ3n) is 2.42. The van der Waals surface area contributed by atoms with Gasteiger partial charge in [0.05, 0.1) is 0 Å². The fourth-order valence-electron chi connectivity index (χ4n) is 1.38. The molecule has 0 aromatic heterocycles. The monoisotopic (exact) mass is 170 g/mol. The average molecular weight is 170 g/mol. The molecule has 0 unspecified atom stereocenters. The van der Waals surface area contributed by atoms with Gasteiger partial charge in [0, 0.05) is 12.6 Å². The van der Waals surface area contributed by atoms with Gasteiger partial charge in [-0.3, -0.25) is 0 Å². The first-order valence-electron chi connectivity index (χ1n) is 4.33. The maximum atomic E-state index is 5.61. The van der Waals surface area contributed by atoms with Gasteiger partial charge in [-0.05, 0) is 43.8 Å². The lowest BCUT2D eigenvalue weighted by Crippen LogP contribution is -2.38. The van der Waals surface area contributed by atoms with Crippen LogP contribution < -0.4 is 5.73 Å². The highest BCUT2D eigenvalue weighted by Gasteiger charge is 2.34. The molecule has 2 aliphatic rings. The van der Waals surface area contributed by atoms with Crippen LogP contribution in [0.15, 0.2) is 0 Å². The van der Waals surface area contributed by atoms with E-state index in [-0.39, 0.29) is 0 Å². The van der Waals surface area contributed by atoms with Gasteiger partial charge in [0.2, 0.25) is 0 Å². The van der Waals surface area contributed by atoms with Gasteiger partial charge in [-0.2, -0.15) is 0 Å². The van der Waals surface area contributed by atoms with E-state index in [1.165, 1.54) is 25.7 Å². The topological polar surface area (TPSA) is 29.3 Å². The Bertz CT molecular complexity index is 173. The van der Waals surface area contributed by atoms with Gasteiger partial charge in [0.15, 0.2) is 5.11 Å². The second kappa shape index (κ2) is 2.63. The van der Waals surface area contributed by atoms with Crippen LogP contribution in [0.5, 0.6) is 0 Å². The summed E-state index contributed by atoms with van der Waals surface area (Å²) in [7, 11) is 0. The molecule has 2 aliphatic carbocycles. The highest BCUT2D eigenvalue weighted by molar-refractivity contribution is 7.80. The van der Waals surface area contributed by atoms with E-state index in [1.54, 1.807) is 0 Å². The lowest BCUT2D eigenvalue weighted by Gasteiger charge is -2.21. The van der Waals surface area contributed by atoms with E-state index < -0.39 is 0 Å². The van der Waals surface area contributed by atoms with Crippen molar-refractivity contribution in [1.29, 1.82) is 0 Å². The minimum absolute atomic E-state index is 0.611. The Hall–Kier alpha value is -0.310. The number of thiocarbonyl (C=S) groups is 1. The molecule has 0 heterocycles. The summed E-state index contributed by atoms with van der Waals surface area (Å²) in [5, 5.41) is 0.611. The summed E-state index contributed by atoms with van der Waals surface area (Å²) < 4.78 is 0. The van der Waals surface area contributed by atoms with Gasteiger partial charge >= 0.3 is 0 Å². The molecule has 11 heavy (non-hydrogen) atoms. The molecule has 3 heteroatoms. The largest absolute Gasteiger partial charge is 0.376 e. The van der Waals surface area contributed by atoms with Crippen LogP contribution in [-0.4, -0.2) is 22.6 Å². The number of hydrogen-bond acceptors (Lipinski definition) is 1. The normalized spacial score (nSPS) is 23.3. The van der Waals surface area contributed by atoms with Gasteiger partial charge in [0.25, 0.3) is 0 Å². The van der Waals surface area contributed by atoms with Crippen LogP contribution in [0, 0.1) is 5.92 Å². The molecular formula is C8H14N2S. The minimum Gasteiger partial charge on any atom is -0.376 e. The van der Waals surface area contributed by atoms with Crippen molar-refractivity contribution in [2.24, 2.45) is 11.7 Å². The van der Waals surface area contributed by atoms with E-state index in [0.29, 0.717) is 11.2 Å². The van der Waals surface area contributed by atoms with Gasteiger partial charge < -0.3 is 10.6 Å². The van der Waals surface area contributed by atoms with E-state index >= 15 is 0 Å². The fraction of sp³-hybridized carbons (Fsp3) is 0.875. The first-order chi connectivity index (χ1) is 5.27. The van der Waals surface area contributed by atoms with Crippen molar-refractivity contribution in [2.75, 3.05) is 6.54 Å². The summed E-state index contributed by atoms with van der Waals surface area (Å²) in [5.41, 5.74) is 5.61. The van der Waals surface area contributed by atoms with E-state index in [1.807, 2.05) is 0 Å².